The van der Waals surface area contributed by atoms with Crippen molar-refractivity contribution >= 4 is 39.2 Å². The molecule has 5 rings (SSSR count). The maximum Gasteiger partial charge on any atom is 0.236 e. The van der Waals surface area contributed by atoms with E-state index in [0.717, 1.165) is 21.8 Å². The van der Waals surface area contributed by atoms with Gasteiger partial charge in [-0.25, -0.2) is 0 Å². The number of rotatable bonds is 2. The maximum absolute atomic E-state index is 6.01. The summed E-state index contributed by atoms with van der Waals surface area (Å²) < 4.78 is 4.25. The van der Waals surface area contributed by atoms with E-state index < -0.39 is 0 Å². The zero-order valence-corrected chi connectivity index (χ0v) is 13.5. The third kappa shape index (κ3) is 1.93. The predicted octanol–water partition coefficient (Wildman–Crippen LogP) is 4.54. The van der Waals surface area contributed by atoms with Crippen LogP contribution in [0.5, 0.6) is 0 Å². The molecule has 24 heavy (non-hydrogen) atoms. The van der Waals surface area contributed by atoms with Crippen molar-refractivity contribution in [2.24, 2.45) is 0 Å². The Bertz CT molecular complexity index is 1180. The van der Waals surface area contributed by atoms with Crippen molar-refractivity contribution in [1.82, 2.24) is 19.2 Å². The van der Waals surface area contributed by atoms with E-state index in [0.29, 0.717) is 6.54 Å². The van der Waals surface area contributed by atoms with Crippen LogP contribution < -0.4 is 0 Å². The van der Waals surface area contributed by atoms with Crippen molar-refractivity contribution in [3.8, 4) is 0 Å². The molecule has 0 aliphatic rings. The Labute approximate surface area is 142 Å². The Kier molecular flexibility index (Phi) is 2.87. The largest absolute Gasteiger partial charge is 0.305 e. The molecular weight excluding hydrogens is 320 g/mol. The minimum Gasteiger partial charge on any atom is -0.305 e. The van der Waals surface area contributed by atoms with Crippen LogP contribution in [0.2, 0.25) is 5.02 Å². The highest BCUT2D eigenvalue weighted by atomic mass is 35.5. The number of halogens is 1. The second-order valence-corrected chi connectivity index (χ2v) is 6.30. The Morgan fingerprint density at radius 1 is 0.875 bits per heavy atom. The summed E-state index contributed by atoms with van der Waals surface area (Å²) in [6.07, 6.45) is 1.77. The topological polar surface area (TPSA) is 35.1 Å². The third-order valence-electron chi connectivity index (χ3n) is 4.44. The molecule has 0 radical (unpaired) electrons. The first kappa shape index (κ1) is 13.6. The summed E-state index contributed by atoms with van der Waals surface area (Å²) in [7, 11) is 0. The number of nitrogens with zero attached hydrogens (tertiary/aromatic N) is 4. The molecule has 0 aliphatic heterocycles. The number of benzene rings is 3. The van der Waals surface area contributed by atoms with Crippen LogP contribution >= 0.6 is 11.6 Å². The SMILES string of the molecule is Clc1ccc(Cn2c3cccc4cccc(c43)n3cnnc23)cc1. The van der Waals surface area contributed by atoms with Gasteiger partial charge in [-0.3, -0.25) is 4.40 Å². The summed E-state index contributed by atoms with van der Waals surface area (Å²) in [5.74, 6) is 0.830. The fraction of sp³-hybridized carbons (Fsp3) is 0.0526. The smallest absolute Gasteiger partial charge is 0.236 e. The standard InChI is InChI=1S/C19H13ClN4/c20-15-9-7-13(8-10-15)11-23-16-5-1-3-14-4-2-6-17(18(14)16)24-12-21-22-19(23)24/h1-10,12H,11H2. The van der Waals surface area contributed by atoms with Crippen LogP contribution in [0.4, 0.5) is 0 Å². The molecule has 0 saturated heterocycles. The van der Waals surface area contributed by atoms with Gasteiger partial charge in [0.1, 0.15) is 6.33 Å². The molecule has 0 spiro atoms. The lowest BCUT2D eigenvalue weighted by Crippen LogP contribution is -2.08. The van der Waals surface area contributed by atoms with Gasteiger partial charge in [0.25, 0.3) is 0 Å². The molecule has 3 aromatic carbocycles. The minimum absolute atomic E-state index is 0.712. The summed E-state index contributed by atoms with van der Waals surface area (Å²) in [5.41, 5.74) is 3.44. The molecule has 5 aromatic rings. The van der Waals surface area contributed by atoms with E-state index >= 15 is 0 Å². The van der Waals surface area contributed by atoms with Gasteiger partial charge in [-0.2, -0.15) is 0 Å². The highest BCUT2D eigenvalue weighted by Gasteiger charge is 2.13. The monoisotopic (exact) mass is 332 g/mol. The first-order chi connectivity index (χ1) is 11.8. The summed E-state index contributed by atoms with van der Waals surface area (Å²) in [6.45, 7) is 0.712. The Morgan fingerprint density at radius 2 is 1.62 bits per heavy atom. The molecule has 116 valence electrons. The van der Waals surface area contributed by atoms with Crippen LogP contribution in [0, 0.1) is 0 Å². The number of aromatic nitrogens is 4. The van der Waals surface area contributed by atoms with E-state index in [-0.39, 0.29) is 0 Å². The van der Waals surface area contributed by atoms with Gasteiger partial charge in [0, 0.05) is 10.4 Å². The van der Waals surface area contributed by atoms with Gasteiger partial charge >= 0.3 is 0 Å². The van der Waals surface area contributed by atoms with E-state index in [2.05, 4.69) is 51.2 Å². The van der Waals surface area contributed by atoms with Gasteiger partial charge in [0.15, 0.2) is 0 Å². The van der Waals surface area contributed by atoms with E-state index in [1.165, 1.54) is 16.3 Å². The van der Waals surface area contributed by atoms with Gasteiger partial charge in [-0.05, 0) is 35.2 Å². The second-order valence-electron chi connectivity index (χ2n) is 5.87. The van der Waals surface area contributed by atoms with Crippen molar-refractivity contribution in [3.05, 3.63) is 77.6 Å². The quantitative estimate of drug-likeness (QED) is 0.476. The highest BCUT2D eigenvalue weighted by Crippen LogP contribution is 2.28. The molecule has 4 nitrogen and oxygen atoms in total. The Balaban J connectivity index is 1.87. The zero-order chi connectivity index (χ0) is 16.1. The molecule has 0 amide bonds. The van der Waals surface area contributed by atoms with Gasteiger partial charge in [0.2, 0.25) is 5.78 Å². The number of hydrogen-bond acceptors (Lipinski definition) is 2. The van der Waals surface area contributed by atoms with E-state index in [9.17, 15) is 0 Å². The Hall–Kier alpha value is -2.85. The first-order valence-electron chi connectivity index (χ1n) is 7.75. The van der Waals surface area contributed by atoms with E-state index in [4.69, 9.17) is 11.6 Å². The van der Waals surface area contributed by atoms with Gasteiger partial charge < -0.3 is 4.57 Å². The lowest BCUT2D eigenvalue weighted by Gasteiger charge is -2.16. The molecule has 0 bridgehead atoms. The second kappa shape index (κ2) is 5.08. The van der Waals surface area contributed by atoms with Gasteiger partial charge in [-0.1, -0.05) is 48.0 Å². The van der Waals surface area contributed by atoms with Crippen LogP contribution in [0.1, 0.15) is 5.56 Å². The highest BCUT2D eigenvalue weighted by molar-refractivity contribution is 6.30. The fourth-order valence-corrected chi connectivity index (χ4v) is 3.47. The van der Waals surface area contributed by atoms with E-state index in [1.807, 2.05) is 28.7 Å². The first-order valence-corrected chi connectivity index (χ1v) is 8.13. The van der Waals surface area contributed by atoms with Crippen LogP contribution in [0.3, 0.4) is 0 Å². The van der Waals surface area contributed by atoms with Gasteiger partial charge in [-0.15, -0.1) is 10.2 Å². The normalized spacial score (nSPS) is 11.7. The van der Waals surface area contributed by atoms with E-state index in [1.54, 1.807) is 6.33 Å². The van der Waals surface area contributed by atoms with Crippen molar-refractivity contribution in [3.63, 3.8) is 0 Å². The lowest BCUT2D eigenvalue weighted by molar-refractivity contribution is 0.823. The third-order valence-corrected chi connectivity index (χ3v) is 4.69. The Morgan fingerprint density at radius 3 is 2.42 bits per heavy atom. The van der Waals surface area contributed by atoms with Gasteiger partial charge in [0.05, 0.1) is 17.6 Å². The number of hydrogen-bond donors (Lipinski definition) is 0. The molecule has 0 fully saturated rings. The summed E-state index contributed by atoms with van der Waals surface area (Å²) in [5, 5.41) is 11.7. The van der Waals surface area contributed by atoms with Crippen LogP contribution in [-0.4, -0.2) is 19.2 Å². The molecular formula is C19H13ClN4. The van der Waals surface area contributed by atoms with Crippen LogP contribution in [-0.2, 0) is 6.54 Å². The molecule has 0 N–H and O–H groups in total. The van der Waals surface area contributed by atoms with Crippen molar-refractivity contribution in [1.29, 1.82) is 0 Å². The van der Waals surface area contributed by atoms with Crippen molar-refractivity contribution in [2.45, 2.75) is 6.54 Å². The van der Waals surface area contributed by atoms with Crippen LogP contribution in [0.25, 0.3) is 27.6 Å². The molecule has 0 saturated carbocycles. The molecule has 5 heteroatoms. The average Bonchev–Trinajstić information content (AvgIpc) is 3.10. The molecule has 2 heterocycles. The fourth-order valence-electron chi connectivity index (χ4n) is 3.35. The molecule has 2 aromatic heterocycles. The predicted molar refractivity (Wildman–Crippen MR) is 96.5 cm³/mol. The van der Waals surface area contributed by atoms with Crippen molar-refractivity contribution < 1.29 is 0 Å². The maximum atomic E-state index is 6.01. The number of fused-ring (bicyclic) bond motifs is 2. The molecule has 0 aliphatic carbocycles. The summed E-state index contributed by atoms with van der Waals surface area (Å²) in [4.78, 5) is 0. The summed E-state index contributed by atoms with van der Waals surface area (Å²) in [6, 6.07) is 20.6. The summed E-state index contributed by atoms with van der Waals surface area (Å²) >= 11 is 6.01. The average molecular weight is 333 g/mol. The molecule has 0 atom stereocenters. The van der Waals surface area contributed by atoms with Crippen molar-refractivity contribution in [2.75, 3.05) is 0 Å². The van der Waals surface area contributed by atoms with Crippen LogP contribution in [0.15, 0.2) is 67.0 Å². The lowest BCUT2D eigenvalue weighted by atomic mass is 10.1. The zero-order valence-electron chi connectivity index (χ0n) is 12.7. The minimum atomic E-state index is 0.712. The molecule has 0 unspecified atom stereocenters.